The predicted molar refractivity (Wildman–Crippen MR) is 102 cm³/mol. The number of hydrogen-bond acceptors (Lipinski definition) is 4. The third-order valence-electron chi connectivity index (χ3n) is 5.52. The number of amides is 1. The van der Waals surface area contributed by atoms with Crippen molar-refractivity contribution >= 4 is 11.7 Å². The van der Waals surface area contributed by atoms with Gasteiger partial charge in [0.2, 0.25) is 5.91 Å². The van der Waals surface area contributed by atoms with Crippen LogP contribution in [0.2, 0.25) is 0 Å². The van der Waals surface area contributed by atoms with Gasteiger partial charge in [0.25, 0.3) is 5.92 Å². The van der Waals surface area contributed by atoms with E-state index < -0.39 is 5.92 Å². The quantitative estimate of drug-likeness (QED) is 0.757. The monoisotopic (exact) mass is 387 g/mol. The maximum Gasteiger partial charge on any atom is 0.266 e. The topological polar surface area (TPSA) is 54.3 Å². The number of hydrogen-bond donors (Lipinski definition) is 0. The fourth-order valence-electron chi connectivity index (χ4n) is 4.01. The van der Waals surface area contributed by atoms with E-state index in [9.17, 15) is 13.6 Å². The van der Waals surface area contributed by atoms with Gasteiger partial charge in [-0.2, -0.15) is 5.10 Å². The first-order valence-electron chi connectivity index (χ1n) is 9.40. The minimum atomic E-state index is -2.68. The molecule has 0 radical (unpaired) electrons. The first kappa shape index (κ1) is 18.6. The number of rotatable bonds is 4. The second-order valence-electron chi connectivity index (χ2n) is 7.51. The number of pyridine rings is 1. The van der Waals surface area contributed by atoms with Gasteiger partial charge in [-0.3, -0.25) is 9.48 Å². The van der Waals surface area contributed by atoms with Gasteiger partial charge >= 0.3 is 0 Å². The molecule has 2 saturated heterocycles. The minimum absolute atomic E-state index is 0.0780. The van der Waals surface area contributed by atoms with E-state index in [4.69, 9.17) is 0 Å². The van der Waals surface area contributed by atoms with Crippen LogP contribution in [-0.4, -0.2) is 57.7 Å². The summed E-state index contributed by atoms with van der Waals surface area (Å²) < 4.78 is 29.0. The molecule has 0 aromatic carbocycles. The van der Waals surface area contributed by atoms with Gasteiger partial charge in [0.05, 0.1) is 12.2 Å². The van der Waals surface area contributed by atoms with E-state index in [0.717, 1.165) is 23.2 Å². The Morgan fingerprint density at radius 2 is 2.21 bits per heavy atom. The lowest BCUT2D eigenvalue weighted by Crippen LogP contribution is -2.26. The molecular weight excluding hydrogens is 364 g/mol. The van der Waals surface area contributed by atoms with Gasteiger partial charge in [-0.05, 0) is 30.2 Å². The number of aryl methyl sites for hydroxylation is 1. The van der Waals surface area contributed by atoms with Gasteiger partial charge in [0, 0.05) is 57.0 Å². The highest BCUT2D eigenvalue weighted by atomic mass is 19.3. The number of likely N-dealkylation sites (tertiary alicyclic amines) is 1. The van der Waals surface area contributed by atoms with Crippen LogP contribution in [0.3, 0.4) is 0 Å². The summed E-state index contributed by atoms with van der Waals surface area (Å²) in [5.74, 6) is -2.09. The minimum Gasteiger partial charge on any atom is -0.350 e. The van der Waals surface area contributed by atoms with Crippen molar-refractivity contribution in [2.45, 2.75) is 24.7 Å². The predicted octanol–water partition coefficient (Wildman–Crippen LogP) is 2.83. The number of aromatic nitrogens is 3. The summed E-state index contributed by atoms with van der Waals surface area (Å²) in [7, 11) is 1.84. The number of alkyl halides is 2. The van der Waals surface area contributed by atoms with Crippen LogP contribution in [0.5, 0.6) is 0 Å². The van der Waals surface area contributed by atoms with Crippen molar-refractivity contribution in [3.8, 4) is 11.3 Å². The van der Waals surface area contributed by atoms with Crippen molar-refractivity contribution < 1.29 is 13.6 Å². The molecule has 2 aliphatic heterocycles. The lowest BCUT2D eigenvalue weighted by molar-refractivity contribution is -0.125. The van der Waals surface area contributed by atoms with Crippen LogP contribution in [0.15, 0.2) is 37.2 Å². The smallest absolute Gasteiger partial charge is 0.266 e. The highest BCUT2D eigenvalue weighted by molar-refractivity contribution is 5.87. The van der Waals surface area contributed by atoms with E-state index >= 15 is 0 Å². The molecular formula is C20H23F2N5O. The van der Waals surface area contributed by atoms with E-state index in [1.165, 1.54) is 6.08 Å². The number of carbonyl (C=O) groups excluding carboxylic acids is 1. The van der Waals surface area contributed by atoms with Gasteiger partial charge in [-0.15, -0.1) is 0 Å². The molecule has 0 bridgehead atoms. The van der Waals surface area contributed by atoms with Gasteiger partial charge in [0.15, 0.2) is 0 Å². The average Bonchev–Trinajstić information content (AvgIpc) is 3.40. The van der Waals surface area contributed by atoms with E-state index in [1.54, 1.807) is 20.7 Å². The molecule has 0 spiro atoms. The third-order valence-corrected chi connectivity index (χ3v) is 5.52. The highest BCUT2D eigenvalue weighted by Gasteiger charge is 2.39. The molecule has 4 heterocycles. The van der Waals surface area contributed by atoms with Crippen LogP contribution in [0, 0.1) is 0 Å². The van der Waals surface area contributed by atoms with Crippen LogP contribution in [0.4, 0.5) is 14.6 Å². The zero-order valence-corrected chi connectivity index (χ0v) is 15.8. The van der Waals surface area contributed by atoms with Crippen molar-refractivity contribution in [1.29, 1.82) is 0 Å². The molecule has 2 aliphatic rings. The summed E-state index contributed by atoms with van der Waals surface area (Å²) >= 11 is 0. The Morgan fingerprint density at radius 1 is 1.39 bits per heavy atom. The van der Waals surface area contributed by atoms with Gasteiger partial charge in [0.1, 0.15) is 5.82 Å². The van der Waals surface area contributed by atoms with E-state index in [0.29, 0.717) is 18.9 Å². The fourth-order valence-corrected chi connectivity index (χ4v) is 4.01. The molecule has 8 heteroatoms. The number of anilines is 1. The molecule has 2 fully saturated rings. The average molecular weight is 387 g/mol. The molecule has 4 rings (SSSR count). The van der Waals surface area contributed by atoms with Crippen molar-refractivity contribution in [3.63, 3.8) is 0 Å². The lowest BCUT2D eigenvalue weighted by atomic mass is 9.93. The van der Waals surface area contributed by atoms with Crippen LogP contribution in [-0.2, 0) is 11.8 Å². The van der Waals surface area contributed by atoms with Crippen molar-refractivity contribution in [3.05, 3.63) is 42.7 Å². The Morgan fingerprint density at radius 3 is 2.86 bits per heavy atom. The van der Waals surface area contributed by atoms with Crippen molar-refractivity contribution in [2.75, 3.05) is 31.1 Å². The molecule has 148 valence electrons. The molecule has 2 aromatic rings. The Labute approximate surface area is 162 Å². The molecule has 2 aromatic heterocycles. The summed E-state index contributed by atoms with van der Waals surface area (Å²) in [6.45, 7) is 4.78. The summed E-state index contributed by atoms with van der Waals surface area (Å²) in [6.07, 6.45) is 5.61. The molecule has 1 unspecified atom stereocenters. The van der Waals surface area contributed by atoms with E-state index in [1.807, 2.05) is 25.4 Å². The van der Waals surface area contributed by atoms with Gasteiger partial charge in [-0.25, -0.2) is 13.8 Å². The summed E-state index contributed by atoms with van der Waals surface area (Å²) in [6, 6.07) is 3.76. The second kappa shape index (κ2) is 7.00. The third kappa shape index (κ3) is 3.50. The number of nitrogens with zero attached hydrogens (tertiary/aromatic N) is 5. The Hall–Kier alpha value is -2.77. The van der Waals surface area contributed by atoms with Crippen LogP contribution < -0.4 is 4.90 Å². The zero-order valence-electron chi connectivity index (χ0n) is 15.8. The van der Waals surface area contributed by atoms with E-state index in [-0.39, 0.29) is 31.3 Å². The number of carbonyl (C=O) groups is 1. The molecule has 28 heavy (non-hydrogen) atoms. The number of halogens is 2. The Balaban J connectivity index is 1.68. The maximum atomic E-state index is 13.7. The highest BCUT2D eigenvalue weighted by Crippen LogP contribution is 2.37. The summed E-state index contributed by atoms with van der Waals surface area (Å²) in [5.41, 5.74) is 2.66. The summed E-state index contributed by atoms with van der Waals surface area (Å²) in [4.78, 5) is 19.8. The zero-order chi connectivity index (χ0) is 19.9. The van der Waals surface area contributed by atoms with Gasteiger partial charge in [-0.1, -0.05) is 6.58 Å². The SMILES string of the molecule is C=CC(=O)N1CCC(c2cnc(N3CCC(F)(F)C3)cc2-c2ccn(C)n2)C1. The molecule has 0 saturated carbocycles. The van der Waals surface area contributed by atoms with Gasteiger partial charge < -0.3 is 9.80 Å². The first-order valence-corrected chi connectivity index (χ1v) is 9.40. The first-order chi connectivity index (χ1) is 13.4. The second-order valence-corrected chi connectivity index (χ2v) is 7.51. The molecule has 6 nitrogen and oxygen atoms in total. The van der Waals surface area contributed by atoms with Crippen LogP contribution in [0.25, 0.3) is 11.3 Å². The van der Waals surface area contributed by atoms with Crippen molar-refractivity contribution in [1.82, 2.24) is 19.7 Å². The van der Waals surface area contributed by atoms with Crippen LogP contribution in [0.1, 0.15) is 24.3 Å². The molecule has 1 amide bonds. The molecule has 0 aliphatic carbocycles. The lowest BCUT2D eigenvalue weighted by Gasteiger charge is -2.21. The Bertz CT molecular complexity index is 910. The fraction of sp³-hybridized carbons (Fsp3) is 0.450. The maximum absolute atomic E-state index is 13.7. The molecule has 1 atom stereocenters. The summed E-state index contributed by atoms with van der Waals surface area (Å²) in [5, 5.41) is 4.51. The van der Waals surface area contributed by atoms with Crippen LogP contribution >= 0.6 is 0 Å². The van der Waals surface area contributed by atoms with E-state index in [2.05, 4.69) is 16.7 Å². The normalized spacial score (nSPS) is 21.3. The standard InChI is InChI=1S/C20H23F2N5O/c1-3-19(28)26-8-4-14(12-26)16-11-23-18(27-9-6-20(21,22)13-27)10-15(16)17-5-7-25(2)24-17/h3,5,7,10-11,14H,1,4,6,8-9,12-13H2,2H3. The largest absolute Gasteiger partial charge is 0.350 e. The molecule has 0 N–H and O–H groups in total. The van der Waals surface area contributed by atoms with Crippen molar-refractivity contribution in [2.24, 2.45) is 7.05 Å². The Kier molecular flexibility index (Phi) is 4.64.